The summed E-state index contributed by atoms with van der Waals surface area (Å²) in [5.74, 6) is 1.19. The molecule has 2 unspecified atom stereocenters. The van der Waals surface area contributed by atoms with Crippen LogP contribution in [0.25, 0.3) is 0 Å². The number of aromatic nitrogens is 1. The number of piperazine rings is 1. The second kappa shape index (κ2) is 7.75. The van der Waals surface area contributed by atoms with E-state index in [1.807, 2.05) is 24.4 Å². The van der Waals surface area contributed by atoms with E-state index in [1.165, 1.54) is 0 Å². The van der Waals surface area contributed by atoms with Crippen LogP contribution in [-0.4, -0.2) is 67.1 Å². The summed E-state index contributed by atoms with van der Waals surface area (Å²) in [4.78, 5) is 21.1. The molecule has 6 nitrogen and oxygen atoms in total. The first-order chi connectivity index (χ1) is 11.2. The van der Waals surface area contributed by atoms with Gasteiger partial charge in [-0.1, -0.05) is 6.07 Å². The van der Waals surface area contributed by atoms with Crippen LogP contribution < -0.4 is 15.5 Å². The number of amides is 1. The Balaban J connectivity index is 1.41. The van der Waals surface area contributed by atoms with Crippen LogP contribution in [0.4, 0.5) is 5.82 Å². The smallest absolute Gasteiger partial charge is 0.234 e. The van der Waals surface area contributed by atoms with Crippen molar-refractivity contribution in [1.29, 1.82) is 0 Å². The van der Waals surface area contributed by atoms with Crippen molar-refractivity contribution in [1.82, 2.24) is 20.5 Å². The molecule has 126 valence electrons. The number of hydrogen-bond donors (Lipinski definition) is 2. The molecule has 0 saturated carbocycles. The van der Waals surface area contributed by atoms with Gasteiger partial charge in [-0.25, -0.2) is 4.98 Å². The average Bonchev–Trinajstić information content (AvgIpc) is 2.56. The molecule has 1 amide bonds. The molecule has 6 heteroatoms. The van der Waals surface area contributed by atoms with E-state index in [0.717, 1.165) is 51.4 Å². The fourth-order valence-electron chi connectivity index (χ4n) is 3.42. The molecule has 2 N–H and O–H groups in total. The topological polar surface area (TPSA) is 60.5 Å². The van der Waals surface area contributed by atoms with Gasteiger partial charge in [0, 0.05) is 44.5 Å². The first kappa shape index (κ1) is 16.2. The third kappa shape index (κ3) is 4.65. The quantitative estimate of drug-likeness (QED) is 0.845. The lowest BCUT2D eigenvalue weighted by molar-refractivity contribution is -0.123. The normalized spacial score (nSPS) is 26.0. The Morgan fingerprint density at radius 1 is 1.35 bits per heavy atom. The van der Waals surface area contributed by atoms with Gasteiger partial charge in [0.25, 0.3) is 0 Å². The molecule has 2 aliphatic heterocycles. The van der Waals surface area contributed by atoms with E-state index in [9.17, 15) is 4.79 Å². The zero-order valence-electron chi connectivity index (χ0n) is 13.9. The van der Waals surface area contributed by atoms with Crippen LogP contribution >= 0.6 is 0 Å². The number of hydrogen-bond acceptors (Lipinski definition) is 5. The number of nitrogens with zero attached hydrogens (tertiary/aromatic N) is 3. The molecule has 23 heavy (non-hydrogen) atoms. The summed E-state index contributed by atoms with van der Waals surface area (Å²) in [6.07, 6.45) is 3.89. The number of piperidine rings is 1. The van der Waals surface area contributed by atoms with Crippen LogP contribution in [0.1, 0.15) is 19.8 Å². The highest BCUT2D eigenvalue weighted by atomic mass is 16.2. The van der Waals surface area contributed by atoms with Crippen molar-refractivity contribution in [3.05, 3.63) is 24.4 Å². The highest BCUT2D eigenvalue weighted by Crippen LogP contribution is 2.12. The highest BCUT2D eigenvalue weighted by molar-refractivity contribution is 5.78. The molecule has 0 bridgehead atoms. The second-order valence-electron chi connectivity index (χ2n) is 6.60. The van der Waals surface area contributed by atoms with E-state index >= 15 is 0 Å². The monoisotopic (exact) mass is 317 g/mol. The molecule has 2 atom stereocenters. The maximum absolute atomic E-state index is 12.2. The van der Waals surface area contributed by atoms with E-state index < -0.39 is 0 Å². The SMILES string of the molecule is CC1CC(NC(=O)CN2CCN(c3ccccn3)CC2)CCN1. The first-order valence-electron chi connectivity index (χ1n) is 8.62. The van der Waals surface area contributed by atoms with Gasteiger partial charge in [-0.2, -0.15) is 0 Å². The van der Waals surface area contributed by atoms with Crippen LogP contribution in [-0.2, 0) is 4.79 Å². The minimum atomic E-state index is 0.162. The zero-order valence-corrected chi connectivity index (χ0v) is 13.9. The zero-order chi connectivity index (χ0) is 16.1. The largest absolute Gasteiger partial charge is 0.354 e. The Morgan fingerprint density at radius 3 is 2.87 bits per heavy atom. The first-order valence-corrected chi connectivity index (χ1v) is 8.62. The van der Waals surface area contributed by atoms with E-state index in [-0.39, 0.29) is 5.91 Å². The van der Waals surface area contributed by atoms with Gasteiger partial charge in [0.1, 0.15) is 5.82 Å². The molecule has 1 aromatic heterocycles. The lowest BCUT2D eigenvalue weighted by Crippen LogP contribution is -2.52. The molecule has 0 radical (unpaired) electrons. The lowest BCUT2D eigenvalue weighted by atomic mass is 10.0. The van der Waals surface area contributed by atoms with Gasteiger partial charge in [-0.3, -0.25) is 9.69 Å². The van der Waals surface area contributed by atoms with Crippen molar-refractivity contribution in [3.63, 3.8) is 0 Å². The van der Waals surface area contributed by atoms with Crippen molar-refractivity contribution < 1.29 is 4.79 Å². The number of nitrogens with one attached hydrogen (secondary N) is 2. The van der Waals surface area contributed by atoms with E-state index in [1.54, 1.807) is 0 Å². The molecule has 2 saturated heterocycles. The van der Waals surface area contributed by atoms with E-state index in [2.05, 4.69) is 32.3 Å². The molecule has 0 spiro atoms. The predicted octanol–water partition coefficient (Wildman–Crippen LogP) is 0.460. The van der Waals surface area contributed by atoms with Crippen molar-refractivity contribution >= 4 is 11.7 Å². The second-order valence-corrected chi connectivity index (χ2v) is 6.60. The molecule has 2 aliphatic rings. The summed E-state index contributed by atoms with van der Waals surface area (Å²) in [6, 6.07) is 6.82. The van der Waals surface area contributed by atoms with Gasteiger partial charge < -0.3 is 15.5 Å². The molecule has 0 aliphatic carbocycles. The Labute approximate surface area is 138 Å². The fourth-order valence-corrected chi connectivity index (χ4v) is 3.42. The Bertz CT molecular complexity index is 501. The average molecular weight is 317 g/mol. The molecule has 3 heterocycles. The molecule has 3 rings (SSSR count). The van der Waals surface area contributed by atoms with Gasteiger partial charge in [0.15, 0.2) is 0 Å². The molecular formula is C17H27N5O. The molecular weight excluding hydrogens is 290 g/mol. The maximum atomic E-state index is 12.2. The number of pyridine rings is 1. The number of rotatable bonds is 4. The molecule has 0 aromatic carbocycles. The maximum Gasteiger partial charge on any atom is 0.234 e. The van der Waals surface area contributed by atoms with Crippen LogP contribution in [0.3, 0.4) is 0 Å². The van der Waals surface area contributed by atoms with Gasteiger partial charge in [0.05, 0.1) is 6.54 Å². The summed E-state index contributed by atoms with van der Waals surface area (Å²) >= 11 is 0. The van der Waals surface area contributed by atoms with Crippen LogP contribution in [0, 0.1) is 0 Å². The molecule has 2 fully saturated rings. The summed E-state index contributed by atoms with van der Waals surface area (Å²) < 4.78 is 0. The minimum absolute atomic E-state index is 0.162. The summed E-state index contributed by atoms with van der Waals surface area (Å²) in [7, 11) is 0. The van der Waals surface area contributed by atoms with E-state index in [4.69, 9.17) is 0 Å². The van der Waals surface area contributed by atoms with Crippen LogP contribution in [0.5, 0.6) is 0 Å². The minimum Gasteiger partial charge on any atom is -0.354 e. The van der Waals surface area contributed by atoms with Crippen molar-refractivity contribution in [2.24, 2.45) is 0 Å². The van der Waals surface area contributed by atoms with Crippen LogP contribution in [0.15, 0.2) is 24.4 Å². The van der Waals surface area contributed by atoms with Gasteiger partial charge >= 0.3 is 0 Å². The van der Waals surface area contributed by atoms with Crippen molar-refractivity contribution in [2.75, 3.05) is 44.2 Å². The standard InChI is InChI=1S/C17H27N5O/c1-14-12-15(5-7-18-14)20-17(23)13-21-8-10-22(11-9-21)16-4-2-3-6-19-16/h2-4,6,14-15,18H,5,7-13H2,1H3,(H,20,23). The van der Waals surface area contributed by atoms with Gasteiger partial charge in [-0.15, -0.1) is 0 Å². The summed E-state index contributed by atoms with van der Waals surface area (Å²) in [5.41, 5.74) is 0. The Kier molecular flexibility index (Phi) is 5.46. The fraction of sp³-hybridized carbons (Fsp3) is 0.647. The predicted molar refractivity (Wildman–Crippen MR) is 91.5 cm³/mol. The third-order valence-corrected chi connectivity index (χ3v) is 4.70. The van der Waals surface area contributed by atoms with Gasteiger partial charge in [-0.05, 0) is 38.4 Å². The third-order valence-electron chi connectivity index (χ3n) is 4.70. The molecule has 1 aromatic rings. The Hall–Kier alpha value is -1.66. The van der Waals surface area contributed by atoms with E-state index in [0.29, 0.717) is 18.6 Å². The summed E-state index contributed by atoms with van der Waals surface area (Å²) in [6.45, 7) is 7.35. The Morgan fingerprint density at radius 2 is 2.17 bits per heavy atom. The highest BCUT2D eigenvalue weighted by Gasteiger charge is 2.23. The van der Waals surface area contributed by atoms with Crippen molar-refractivity contribution in [2.45, 2.75) is 31.8 Å². The number of carbonyl (C=O) groups excluding carboxylic acids is 1. The number of anilines is 1. The summed E-state index contributed by atoms with van der Waals surface area (Å²) in [5, 5.41) is 6.61. The van der Waals surface area contributed by atoms with Crippen molar-refractivity contribution in [3.8, 4) is 0 Å². The van der Waals surface area contributed by atoms with Gasteiger partial charge in [0.2, 0.25) is 5.91 Å². The van der Waals surface area contributed by atoms with Crippen LogP contribution in [0.2, 0.25) is 0 Å². The lowest BCUT2D eigenvalue weighted by Gasteiger charge is -2.35. The number of carbonyl (C=O) groups is 1.